The summed E-state index contributed by atoms with van der Waals surface area (Å²) in [4.78, 5) is 17.3. The van der Waals surface area contributed by atoms with E-state index in [0.29, 0.717) is 17.6 Å². The minimum Gasteiger partial charge on any atom is -0.348 e. The Kier molecular flexibility index (Phi) is 6.14. The van der Waals surface area contributed by atoms with E-state index in [2.05, 4.69) is 15.1 Å². The molecular formula is C19H28ClN3O. The molecule has 1 N–H and O–H groups in total. The van der Waals surface area contributed by atoms with Crippen molar-refractivity contribution in [3.05, 3.63) is 34.9 Å². The molecule has 2 aliphatic rings. The average Bonchev–Trinajstić information content (AvgIpc) is 3.10. The second-order valence-electron chi connectivity index (χ2n) is 7.08. The monoisotopic (exact) mass is 349 g/mol. The van der Waals surface area contributed by atoms with Crippen LogP contribution in [-0.2, 0) is 4.79 Å². The highest BCUT2D eigenvalue weighted by Gasteiger charge is 2.28. The zero-order valence-electron chi connectivity index (χ0n) is 14.5. The summed E-state index contributed by atoms with van der Waals surface area (Å²) in [5.41, 5.74) is 0.973. The molecule has 4 nitrogen and oxygen atoms in total. The van der Waals surface area contributed by atoms with Crippen molar-refractivity contribution in [1.29, 1.82) is 0 Å². The van der Waals surface area contributed by atoms with Crippen molar-refractivity contribution in [2.75, 3.05) is 32.7 Å². The molecule has 2 aliphatic heterocycles. The highest BCUT2D eigenvalue weighted by molar-refractivity contribution is 6.31. The van der Waals surface area contributed by atoms with Crippen LogP contribution in [0.15, 0.2) is 24.3 Å². The zero-order valence-corrected chi connectivity index (χ0v) is 15.3. The normalized spacial score (nSPS) is 24.0. The quantitative estimate of drug-likeness (QED) is 0.887. The van der Waals surface area contributed by atoms with Crippen LogP contribution in [0.4, 0.5) is 0 Å². The molecular weight excluding hydrogens is 322 g/mol. The topological polar surface area (TPSA) is 35.6 Å². The first-order valence-corrected chi connectivity index (χ1v) is 9.51. The van der Waals surface area contributed by atoms with E-state index in [-0.39, 0.29) is 11.9 Å². The number of nitrogens with zero attached hydrogens (tertiary/aromatic N) is 2. The summed E-state index contributed by atoms with van der Waals surface area (Å²) in [5, 5.41) is 3.80. The maximum absolute atomic E-state index is 12.4. The van der Waals surface area contributed by atoms with Crippen molar-refractivity contribution in [2.45, 2.75) is 44.7 Å². The smallest absolute Gasteiger partial charge is 0.234 e. The molecule has 0 spiro atoms. The fourth-order valence-electron chi connectivity index (χ4n) is 3.97. The molecule has 3 rings (SSSR count). The molecule has 132 valence electrons. The SMILES string of the molecule is C[C@H](NC(=O)CN1CCC[C@H](N2CCCC2)C1)c1ccccc1Cl. The van der Waals surface area contributed by atoms with E-state index in [1.807, 2.05) is 31.2 Å². The summed E-state index contributed by atoms with van der Waals surface area (Å²) in [6.07, 6.45) is 5.11. The number of likely N-dealkylation sites (tertiary alicyclic amines) is 2. The van der Waals surface area contributed by atoms with E-state index in [1.165, 1.54) is 38.8 Å². The number of nitrogens with one attached hydrogen (secondary N) is 1. The Morgan fingerprint density at radius 2 is 2.00 bits per heavy atom. The molecule has 1 aromatic rings. The lowest BCUT2D eigenvalue weighted by Gasteiger charge is -2.37. The number of amides is 1. The summed E-state index contributed by atoms with van der Waals surface area (Å²) in [5.74, 6) is 0.0875. The van der Waals surface area contributed by atoms with Gasteiger partial charge in [-0.15, -0.1) is 0 Å². The van der Waals surface area contributed by atoms with Crippen molar-refractivity contribution in [2.24, 2.45) is 0 Å². The number of benzene rings is 1. The van der Waals surface area contributed by atoms with Crippen LogP contribution >= 0.6 is 11.6 Å². The van der Waals surface area contributed by atoms with Crippen molar-refractivity contribution >= 4 is 17.5 Å². The lowest BCUT2D eigenvalue weighted by atomic mass is 10.0. The van der Waals surface area contributed by atoms with Crippen LogP contribution in [0.1, 0.15) is 44.2 Å². The van der Waals surface area contributed by atoms with Crippen LogP contribution < -0.4 is 5.32 Å². The molecule has 0 radical (unpaired) electrons. The van der Waals surface area contributed by atoms with Gasteiger partial charge in [0.25, 0.3) is 0 Å². The number of carbonyl (C=O) groups is 1. The van der Waals surface area contributed by atoms with Gasteiger partial charge < -0.3 is 5.32 Å². The predicted octanol–water partition coefficient (Wildman–Crippen LogP) is 3.08. The second-order valence-corrected chi connectivity index (χ2v) is 7.49. The first-order valence-electron chi connectivity index (χ1n) is 9.13. The molecule has 0 aliphatic carbocycles. The molecule has 1 amide bonds. The van der Waals surface area contributed by atoms with E-state index in [1.54, 1.807) is 0 Å². The highest BCUT2D eigenvalue weighted by atomic mass is 35.5. The molecule has 0 aromatic heterocycles. The third-order valence-electron chi connectivity index (χ3n) is 5.25. The lowest BCUT2D eigenvalue weighted by Crippen LogP contribution is -2.49. The number of rotatable bonds is 5. The average molecular weight is 350 g/mol. The van der Waals surface area contributed by atoms with Crippen molar-refractivity contribution in [3.8, 4) is 0 Å². The number of hydrogen-bond acceptors (Lipinski definition) is 3. The van der Waals surface area contributed by atoms with Crippen LogP contribution in [-0.4, -0.2) is 54.5 Å². The van der Waals surface area contributed by atoms with Gasteiger partial charge in [0.2, 0.25) is 5.91 Å². The number of piperidine rings is 1. The van der Waals surface area contributed by atoms with Gasteiger partial charge in [0.05, 0.1) is 12.6 Å². The Morgan fingerprint density at radius 3 is 2.75 bits per heavy atom. The fraction of sp³-hybridized carbons (Fsp3) is 0.632. The minimum absolute atomic E-state index is 0.0645. The Bertz CT molecular complexity index is 559. The maximum Gasteiger partial charge on any atom is 0.234 e. The van der Waals surface area contributed by atoms with E-state index in [0.717, 1.165) is 18.7 Å². The van der Waals surface area contributed by atoms with Crippen molar-refractivity contribution in [3.63, 3.8) is 0 Å². The Balaban J connectivity index is 1.50. The standard InChI is InChI=1S/C19H28ClN3O/c1-15(17-8-2-3-9-18(17)20)21-19(24)14-22-10-6-7-16(13-22)23-11-4-5-12-23/h2-3,8-9,15-16H,4-7,10-14H2,1H3,(H,21,24)/t15-,16-/m0/s1. The van der Waals surface area contributed by atoms with Gasteiger partial charge >= 0.3 is 0 Å². The zero-order chi connectivity index (χ0) is 16.9. The van der Waals surface area contributed by atoms with Crippen LogP contribution in [0.2, 0.25) is 5.02 Å². The van der Waals surface area contributed by atoms with Gasteiger partial charge in [0, 0.05) is 17.6 Å². The Hall–Kier alpha value is -1.10. The van der Waals surface area contributed by atoms with Gasteiger partial charge in [-0.1, -0.05) is 29.8 Å². The molecule has 5 heteroatoms. The molecule has 2 atom stereocenters. The van der Waals surface area contributed by atoms with E-state index >= 15 is 0 Å². The van der Waals surface area contributed by atoms with E-state index in [9.17, 15) is 4.79 Å². The van der Waals surface area contributed by atoms with Crippen molar-refractivity contribution < 1.29 is 4.79 Å². The fourth-order valence-corrected chi connectivity index (χ4v) is 4.27. The minimum atomic E-state index is -0.0645. The molecule has 2 fully saturated rings. The number of carbonyl (C=O) groups excluding carboxylic acids is 1. The van der Waals surface area contributed by atoms with Crippen molar-refractivity contribution in [1.82, 2.24) is 15.1 Å². The second kappa shape index (κ2) is 8.32. The Labute approximate surface area is 150 Å². The lowest BCUT2D eigenvalue weighted by molar-refractivity contribution is -0.123. The first-order chi connectivity index (χ1) is 11.6. The third kappa shape index (κ3) is 4.50. The molecule has 0 unspecified atom stereocenters. The summed E-state index contributed by atoms with van der Waals surface area (Å²) < 4.78 is 0. The van der Waals surface area contributed by atoms with Gasteiger partial charge in [-0.2, -0.15) is 0 Å². The van der Waals surface area contributed by atoms with Gasteiger partial charge in [-0.3, -0.25) is 14.6 Å². The van der Waals surface area contributed by atoms with E-state index in [4.69, 9.17) is 11.6 Å². The summed E-state index contributed by atoms with van der Waals surface area (Å²) in [6.45, 7) is 6.98. The van der Waals surface area contributed by atoms with Gasteiger partial charge in [-0.25, -0.2) is 0 Å². The van der Waals surface area contributed by atoms with Crippen LogP contribution in [0, 0.1) is 0 Å². The summed E-state index contributed by atoms with van der Waals surface area (Å²) in [7, 11) is 0. The number of hydrogen-bond donors (Lipinski definition) is 1. The molecule has 1 aromatic carbocycles. The molecule has 2 heterocycles. The van der Waals surface area contributed by atoms with Gasteiger partial charge in [-0.05, 0) is 63.9 Å². The molecule has 2 saturated heterocycles. The summed E-state index contributed by atoms with van der Waals surface area (Å²) in [6, 6.07) is 8.27. The Morgan fingerprint density at radius 1 is 1.25 bits per heavy atom. The van der Waals surface area contributed by atoms with Crippen LogP contribution in [0.5, 0.6) is 0 Å². The predicted molar refractivity (Wildman–Crippen MR) is 98.3 cm³/mol. The van der Waals surface area contributed by atoms with Crippen LogP contribution in [0.25, 0.3) is 0 Å². The largest absolute Gasteiger partial charge is 0.348 e. The first kappa shape index (κ1) is 17.7. The highest BCUT2D eigenvalue weighted by Crippen LogP contribution is 2.23. The molecule has 0 bridgehead atoms. The van der Waals surface area contributed by atoms with Gasteiger partial charge in [0.15, 0.2) is 0 Å². The van der Waals surface area contributed by atoms with Crippen LogP contribution in [0.3, 0.4) is 0 Å². The van der Waals surface area contributed by atoms with E-state index < -0.39 is 0 Å². The molecule has 24 heavy (non-hydrogen) atoms. The third-order valence-corrected chi connectivity index (χ3v) is 5.60. The molecule has 0 saturated carbocycles. The number of halogens is 1. The maximum atomic E-state index is 12.4. The van der Waals surface area contributed by atoms with Gasteiger partial charge in [0.1, 0.15) is 0 Å². The summed E-state index contributed by atoms with van der Waals surface area (Å²) >= 11 is 6.22.